The van der Waals surface area contributed by atoms with Crippen molar-refractivity contribution in [2.45, 2.75) is 45.1 Å². The highest BCUT2D eigenvalue weighted by atomic mass is 32.2. The molecule has 18 heavy (non-hydrogen) atoms. The molecule has 0 heterocycles. The van der Waals surface area contributed by atoms with Gasteiger partial charge in [-0.1, -0.05) is 13.8 Å². The van der Waals surface area contributed by atoms with Gasteiger partial charge in [0.15, 0.2) is 0 Å². The Hall–Kier alpha value is -0.130. The Morgan fingerprint density at radius 3 is 2.28 bits per heavy atom. The molecule has 0 bridgehead atoms. The molecule has 0 spiro atoms. The highest BCUT2D eigenvalue weighted by molar-refractivity contribution is 7.90. The Labute approximate surface area is 111 Å². The lowest BCUT2D eigenvalue weighted by molar-refractivity contribution is -0.0683. The fourth-order valence-electron chi connectivity index (χ4n) is 2.65. The van der Waals surface area contributed by atoms with Crippen molar-refractivity contribution in [3.05, 3.63) is 0 Å². The highest BCUT2D eigenvalue weighted by Gasteiger charge is 2.35. The quantitative estimate of drug-likeness (QED) is 0.800. The second kappa shape index (κ2) is 6.35. The maximum absolute atomic E-state index is 11.1. The average Bonchev–Trinajstić information content (AvgIpc) is 2.28. The van der Waals surface area contributed by atoms with Gasteiger partial charge in [0, 0.05) is 12.8 Å². The molecule has 0 radical (unpaired) electrons. The number of nitrogens with two attached hydrogens (primary N) is 1. The monoisotopic (exact) mass is 277 g/mol. The zero-order valence-corrected chi connectivity index (χ0v) is 12.6. The molecule has 0 atom stereocenters. The third-order valence-electron chi connectivity index (χ3n) is 4.12. The average molecular weight is 277 g/mol. The van der Waals surface area contributed by atoms with Crippen molar-refractivity contribution in [3.8, 4) is 0 Å². The molecule has 1 fully saturated rings. The van der Waals surface area contributed by atoms with Crippen LogP contribution in [0.1, 0.15) is 39.5 Å². The Morgan fingerprint density at radius 2 is 1.89 bits per heavy atom. The Kier molecular flexibility index (Phi) is 5.62. The van der Waals surface area contributed by atoms with Gasteiger partial charge in [-0.2, -0.15) is 0 Å². The van der Waals surface area contributed by atoms with Gasteiger partial charge in [0.1, 0.15) is 9.84 Å². The van der Waals surface area contributed by atoms with Crippen LogP contribution >= 0.6 is 0 Å². The first-order valence-corrected chi connectivity index (χ1v) is 8.86. The number of hydrogen-bond donors (Lipinski definition) is 1. The summed E-state index contributed by atoms with van der Waals surface area (Å²) in [5.41, 5.74) is 5.55. The van der Waals surface area contributed by atoms with Crippen LogP contribution in [0.3, 0.4) is 0 Å². The molecule has 1 aliphatic rings. The zero-order chi connectivity index (χ0) is 13.8. The molecule has 0 amide bonds. The SMILES string of the molecule is CC(C)C1CCC(CN)(OCCS(C)(=O)=O)CC1. The molecule has 1 aliphatic carbocycles. The van der Waals surface area contributed by atoms with Crippen LogP contribution in [-0.2, 0) is 14.6 Å². The molecule has 0 unspecified atom stereocenters. The number of rotatable bonds is 6. The van der Waals surface area contributed by atoms with Gasteiger partial charge in [0.2, 0.25) is 0 Å². The van der Waals surface area contributed by atoms with Crippen LogP contribution in [0.25, 0.3) is 0 Å². The molecule has 0 aromatic carbocycles. The van der Waals surface area contributed by atoms with Gasteiger partial charge in [-0.15, -0.1) is 0 Å². The van der Waals surface area contributed by atoms with Crippen molar-refractivity contribution in [1.29, 1.82) is 0 Å². The van der Waals surface area contributed by atoms with Crippen LogP contribution in [0, 0.1) is 11.8 Å². The van der Waals surface area contributed by atoms with Crippen LogP contribution in [0.15, 0.2) is 0 Å². The van der Waals surface area contributed by atoms with E-state index in [1.54, 1.807) is 0 Å². The van der Waals surface area contributed by atoms with Gasteiger partial charge < -0.3 is 10.5 Å². The summed E-state index contributed by atoms with van der Waals surface area (Å²) in [4.78, 5) is 0. The normalized spacial score (nSPS) is 29.7. The molecule has 0 aromatic heterocycles. The van der Waals surface area contributed by atoms with Crippen LogP contribution in [0.2, 0.25) is 0 Å². The maximum Gasteiger partial charge on any atom is 0.149 e. The van der Waals surface area contributed by atoms with Crippen LogP contribution < -0.4 is 5.73 Å². The largest absolute Gasteiger partial charge is 0.373 e. The lowest BCUT2D eigenvalue weighted by Gasteiger charge is -2.40. The van der Waals surface area contributed by atoms with Gasteiger partial charge in [-0.05, 0) is 37.5 Å². The van der Waals surface area contributed by atoms with E-state index in [0.717, 1.165) is 31.6 Å². The molecule has 108 valence electrons. The first kappa shape index (κ1) is 15.9. The van der Waals surface area contributed by atoms with Gasteiger partial charge in [0.05, 0.1) is 18.0 Å². The lowest BCUT2D eigenvalue weighted by atomic mass is 9.74. The standard InChI is InChI=1S/C13H27NO3S/c1-11(2)12-4-6-13(10-14,7-5-12)17-8-9-18(3,15)16/h11-12H,4-10,14H2,1-3H3. The fourth-order valence-corrected chi connectivity index (χ4v) is 3.04. The smallest absolute Gasteiger partial charge is 0.149 e. The van der Waals surface area contributed by atoms with Crippen molar-refractivity contribution >= 4 is 9.84 Å². The van der Waals surface area contributed by atoms with E-state index in [9.17, 15) is 8.42 Å². The molecule has 0 aromatic rings. The first-order chi connectivity index (χ1) is 8.28. The van der Waals surface area contributed by atoms with E-state index in [4.69, 9.17) is 10.5 Å². The summed E-state index contributed by atoms with van der Waals surface area (Å²) in [6.07, 6.45) is 5.41. The highest BCUT2D eigenvalue weighted by Crippen LogP contribution is 2.37. The van der Waals surface area contributed by atoms with Crippen LogP contribution in [0.5, 0.6) is 0 Å². The topological polar surface area (TPSA) is 69.4 Å². The van der Waals surface area contributed by atoms with Crippen LogP contribution in [-0.4, -0.2) is 39.2 Å². The van der Waals surface area contributed by atoms with E-state index < -0.39 is 9.84 Å². The summed E-state index contributed by atoms with van der Waals surface area (Å²) in [7, 11) is -2.95. The van der Waals surface area contributed by atoms with E-state index >= 15 is 0 Å². The summed E-state index contributed by atoms with van der Waals surface area (Å²) in [5, 5.41) is 0. The second-order valence-electron chi connectivity index (χ2n) is 5.95. The van der Waals surface area contributed by atoms with Crippen molar-refractivity contribution < 1.29 is 13.2 Å². The summed E-state index contributed by atoms with van der Waals surface area (Å²) < 4.78 is 28.0. The lowest BCUT2D eigenvalue weighted by Crippen LogP contribution is -2.45. The number of sulfone groups is 1. The first-order valence-electron chi connectivity index (χ1n) is 6.80. The summed E-state index contributed by atoms with van der Waals surface area (Å²) >= 11 is 0. The molecule has 1 rings (SSSR count). The predicted octanol–water partition coefficient (Wildman–Crippen LogP) is 1.59. The number of hydrogen-bond acceptors (Lipinski definition) is 4. The summed E-state index contributed by atoms with van der Waals surface area (Å²) in [5.74, 6) is 1.54. The fraction of sp³-hybridized carbons (Fsp3) is 1.00. The van der Waals surface area contributed by atoms with Crippen molar-refractivity contribution in [2.24, 2.45) is 17.6 Å². The Bertz CT molecular complexity index is 343. The summed E-state index contributed by atoms with van der Waals surface area (Å²) in [6, 6.07) is 0. The third kappa shape index (κ3) is 4.86. The molecule has 5 heteroatoms. The van der Waals surface area contributed by atoms with E-state index in [1.807, 2.05) is 0 Å². The minimum Gasteiger partial charge on any atom is -0.373 e. The van der Waals surface area contributed by atoms with Crippen molar-refractivity contribution in [1.82, 2.24) is 0 Å². The van der Waals surface area contributed by atoms with E-state index in [2.05, 4.69) is 13.8 Å². The van der Waals surface area contributed by atoms with Crippen LogP contribution in [0.4, 0.5) is 0 Å². The van der Waals surface area contributed by atoms with E-state index in [-0.39, 0.29) is 18.0 Å². The predicted molar refractivity (Wildman–Crippen MR) is 74.2 cm³/mol. The van der Waals surface area contributed by atoms with E-state index in [0.29, 0.717) is 12.5 Å². The van der Waals surface area contributed by atoms with E-state index in [1.165, 1.54) is 6.26 Å². The number of ether oxygens (including phenoxy) is 1. The van der Waals surface area contributed by atoms with Crippen molar-refractivity contribution in [2.75, 3.05) is 25.2 Å². The van der Waals surface area contributed by atoms with Gasteiger partial charge >= 0.3 is 0 Å². The summed E-state index contributed by atoms with van der Waals surface area (Å²) in [6.45, 7) is 5.26. The molecule has 1 saturated carbocycles. The molecular formula is C13H27NO3S. The molecular weight excluding hydrogens is 250 g/mol. The molecule has 2 N–H and O–H groups in total. The van der Waals surface area contributed by atoms with Crippen molar-refractivity contribution in [3.63, 3.8) is 0 Å². The minimum absolute atomic E-state index is 0.0857. The second-order valence-corrected chi connectivity index (χ2v) is 8.21. The van der Waals surface area contributed by atoms with Gasteiger partial charge in [-0.25, -0.2) is 8.42 Å². The Morgan fingerprint density at radius 1 is 1.33 bits per heavy atom. The third-order valence-corrected chi connectivity index (χ3v) is 5.03. The molecule has 0 aliphatic heterocycles. The zero-order valence-electron chi connectivity index (χ0n) is 11.8. The molecule has 4 nitrogen and oxygen atoms in total. The Balaban J connectivity index is 2.46. The van der Waals surface area contributed by atoms with Gasteiger partial charge in [0.25, 0.3) is 0 Å². The maximum atomic E-state index is 11.1. The minimum atomic E-state index is -2.95. The molecule has 0 saturated heterocycles. The van der Waals surface area contributed by atoms with Gasteiger partial charge in [-0.3, -0.25) is 0 Å².